The number of ether oxygens (including phenoxy) is 3. The van der Waals surface area contributed by atoms with Crippen LogP contribution in [0.1, 0.15) is 50.4 Å². The summed E-state index contributed by atoms with van der Waals surface area (Å²) in [5, 5.41) is 1.66. The van der Waals surface area contributed by atoms with Crippen molar-refractivity contribution in [1.82, 2.24) is 10.4 Å². The van der Waals surface area contributed by atoms with Gasteiger partial charge in [0, 0.05) is 5.02 Å². The van der Waals surface area contributed by atoms with E-state index >= 15 is 0 Å². The zero-order chi connectivity index (χ0) is 20.9. The third-order valence-corrected chi connectivity index (χ3v) is 4.03. The number of halogens is 1. The molecule has 0 aliphatic heterocycles. The zero-order valence-corrected chi connectivity index (χ0v) is 17.2. The maximum absolute atomic E-state index is 12.2. The number of nitrogens with zero attached hydrogens (tertiary/aromatic N) is 1. The van der Waals surface area contributed by atoms with Crippen LogP contribution in [-0.4, -0.2) is 49.0 Å². The molecule has 8 nitrogen and oxygen atoms in total. The minimum atomic E-state index is -0.733. The number of nitrogens with one attached hydrogen (secondary N) is 1. The number of amides is 2. The van der Waals surface area contributed by atoms with Crippen LogP contribution in [0.5, 0.6) is 0 Å². The Kier molecular flexibility index (Phi) is 10.8. The van der Waals surface area contributed by atoms with E-state index in [1.807, 2.05) is 6.92 Å². The van der Waals surface area contributed by atoms with Gasteiger partial charge in [-0.2, -0.15) is 0 Å². The Labute approximate surface area is 170 Å². The second kappa shape index (κ2) is 12.8. The average Bonchev–Trinajstić information content (AvgIpc) is 2.67. The summed E-state index contributed by atoms with van der Waals surface area (Å²) in [5.74, 6) is -0.448. The van der Waals surface area contributed by atoms with Crippen LogP contribution in [0.2, 0.25) is 5.02 Å². The molecule has 1 atom stereocenters. The van der Waals surface area contributed by atoms with Crippen molar-refractivity contribution in [1.29, 1.82) is 0 Å². The van der Waals surface area contributed by atoms with Crippen molar-refractivity contribution in [2.45, 2.75) is 46.1 Å². The molecule has 0 heterocycles. The molecule has 0 saturated heterocycles. The fourth-order valence-electron chi connectivity index (χ4n) is 2.41. The molecule has 28 heavy (non-hydrogen) atoms. The third-order valence-electron chi connectivity index (χ3n) is 3.78. The fourth-order valence-corrected chi connectivity index (χ4v) is 2.54. The highest BCUT2D eigenvalue weighted by Crippen LogP contribution is 2.13. The summed E-state index contributed by atoms with van der Waals surface area (Å²) in [7, 11) is 0. The molecule has 0 bridgehead atoms. The molecule has 0 unspecified atom stereocenters. The minimum absolute atomic E-state index is 0.175. The quantitative estimate of drug-likeness (QED) is 0.282. The highest BCUT2D eigenvalue weighted by Gasteiger charge is 2.26. The molecule has 0 spiro atoms. The van der Waals surface area contributed by atoms with Gasteiger partial charge in [0.25, 0.3) is 0 Å². The molecule has 0 aliphatic carbocycles. The monoisotopic (exact) mass is 414 g/mol. The SMILES string of the molecule is CCOC(=O)NN(C(=O)OCC)[C@H](CC)CCCOC(=O)c1ccc(Cl)cc1. The van der Waals surface area contributed by atoms with E-state index in [9.17, 15) is 14.4 Å². The predicted molar refractivity (Wildman–Crippen MR) is 104 cm³/mol. The molecule has 0 fully saturated rings. The Bertz CT molecular complexity index is 638. The van der Waals surface area contributed by atoms with E-state index in [1.54, 1.807) is 38.1 Å². The lowest BCUT2D eigenvalue weighted by atomic mass is 10.1. The highest BCUT2D eigenvalue weighted by atomic mass is 35.5. The van der Waals surface area contributed by atoms with Crippen LogP contribution in [0.4, 0.5) is 9.59 Å². The third kappa shape index (κ3) is 8.04. The van der Waals surface area contributed by atoms with Gasteiger partial charge in [-0.1, -0.05) is 18.5 Å². The van der Waals surface area contributed by atoms with Crippen molar-refractivity contribution < 1.29 is 28.6 Å². The molecule has 2 amide bonds. The molecule has 0 radical (unpaired) electrons. The minimum Gasteiger partial charge on any atom is -0.462 e. The summed E-state index contributed by atoms with van der Waals surface area (Å²) in [6.45, 7) is 5.75. The number of carbonyl (C=O) groups excluding carboxylic acids is 3. The lowest BCUT2D eigenvalue weighted by Gasteiger charge is -2.29. The lowest BCUT2D eigenvalue weighted by Crippen LogP contribution is -2.52. The number of rotatable bonds is 9. The van der Waals surface area contributed by atoms with Crippen LogP contribution in [0.15, 0.2) is 24.3 Å². The lowest BCUT2D eigenvalue weighted by molar-refractivity contribution is 0.0421. The summed E-state index contributed by atoms with van der Waals surface area (Å²) in [4.78, 5) is 35.9. The van der Waals surface area contributed by atoms with Gasteiger partial charge in [0.2, 0.25) is 0 Å². The molecular weight excluding hydrogens is 388 g/mol. The van der Waals surface area contributed by atoms with Gasteiger partial charge in [-0.3, -0.25) is 0 Å². The number of benzene rings is 1. The normalized spacial score (nSPS) is 11.3. The van der Waals surface area contributed by atoms with Gasteiger partial charge in [-0.05, 0) is 57.4 Å². The van der Waals surface area contributed by atoms with E-state index in [-0.39, 0.29) is 25.9 Å². The average molecular weight is 415 g/mol. The standard InChI is InChI=1S/C19H27ClN2O6/c1-4-16(22(19(25)27-6-3)21-18(24)26-5-2)8-7-13-28-17(23)14-9-11-15(20)12-10-14/h9-12,16H,4-8,13H2,1-3H3,(H,21,24)/t16-/m1/s1. The molecule has 1 aromatic rings. The maximum Gasteiger partial charge on any atom is 0.429 e. The smallest absolute Gasteiger partial charge is 0.429 e. The second-order valence-corrected chi connectivity index (χ2v) is 6.18. The number of esters is 1. The molecule has 0 aromatic heterocycles. The Morgan fingerprint density at radius 2 is 1.68 bits per heavy atom. The van der Waals surface area contributed by atoms with Gasteiger partial charge in [0.1, 0.15) is 0 Å². The molecule has 1 aromatic carbocycles. The van der Waals surface area contributed by atoms with Crippen molar-refractivity contribution >= 4 is 29.8 Å². The van der Waals surface area contributed by atoms with E-state index in [0.717, 1.165) is 5.01 Å². The Balaban J connectivity index is 2.57. The number of hydrazine groups is 1. The first-order valence-electron chi connectivity index (χ1n) is 9.24. The van der Waals surface area contributed by atoms with Crippen LogP contribution < -0.4 is 5.43 Å². The fraction of sp³-hybridized carbons (Fsp3) is 0.526. The summed E-state index contributed by atoms with van der Waals surface area (Å²) in [6, 6.07) is 6.07. The molecule has 9 heteroatoms. The van der Waals surface area contributed by atoms with Crippen LogP contribution >= 0.6 is 11.6 Å². The van der Waals surface area contributed by atoms with Crippen molar-refractivity contribution in [3.63, 3.8) is 0 Å². The largest absolute Gasteiger partial charge is 0.462 e. The molecule has 0 aliphatic rings. The van der Waals surface area contributed by atoms with E-state index in [2.05, 4.69) is 5.43 Å². The van der Waals surface area contributed by atoms with Gasteiger partial charge < -0.3 is 14.2 Å². The van der Waals surface area contributed by atoms with E-state index in [1.165, 1.54) is 0 Å². The van der Waals surface area contributed by atoms with Crippen molar-refractivity contribution in [2.24, 2.45) is 0 Å². The first kappa shape index (κ1) is 23.6. The topological polar surface area (TPSA) is 94.2 Å². The number of hydrogen-bond donors (Lipinski definition) is 1. The van der Waals surface area contributed by atoms with E-state index in [4.69, 9.17) is 25.8 Å². The van der Waals surface area contributed by atoms with Crippen LogP contribution in [0.3, 0.4) is 0 Å². The van der Waals surface area contributed by atoms with Gasteiger partial charge >= 0.3 is 18.2 Å². The Morgan fingerprint density at radius 3 is 2.25 bits per heavy atom. The summed E-state index contributed by atoms with van der Waals surface area (Å²) >= 11 is 5.79. The predicted octanol–water partition coefficient (Wildman–Crippen LogP) is 4.18. The van der Waals surface area contributed by atoms with Crippen molar-refractivity contribution in [2.75, 3.05) is 19.8 Å². The molecule has 0 saturated carbocycles. The zero-order valence-electron chi connectivity index (χ0n) is 16.4. The molecule has 1 N–H and O–H groups in total. The Morgan fingerprint density at radius 1 is 1.04 bits per heavy atom. The van der Waals surface area contributed by atoms with Crippen LogP contribution in [0, 0.1) is 0 Å². The summed E-state index contributed by atoms with van der Waals surface area (Å²) in [6.07, 6.45) is 0.160. The summed E-state index contributed by atoms with van der Waals surface area (Å²) < 4.78 is 15.1. The molecule has 1 rings (SSSR count). The van der Waals surface area contributed by atoms with Crippen LogP contribution in [0.25, 0.3) is 0 Å². The van der Waals surface area contributed by atoms with Gasteiger partial charge in [0.05, 0.1) is 31.4 Å². The first-order valence-corrected chi connectivity index (χ1v) is 9.62. The number of carbonyl (C=O) groups is 3. The van der Waals surface area contributed by atoms with E-state index < -0.39 is 18.2 Å². The van der Waals surface area contributed by atoms with E-state index in [0.29, 0.717) is 29.8 Å². The van der Waals surface area contributed by atoms with Gasteiger partial charge in [-0.15, -0.1) is 0 Å². The second-order valence-electron chi connectivity index (χ2n) is 5.75. The maximum atomic E-state index is 12.2. The first-order chi connectivity index (χ1) is 13.4. The Hall–Kier alpha value is -2.48. The van der Waals surface area contributed by atoms with Gasteiger partial charge in [0.15, 0.2) is 0 Å². The number of hydrogen-bond acceptors (Lipinski definition) is 6. The molecular formula is C19H27ClN2O6. The van der Waals surface area contributed by atoms with Gasteiger partial charge in [-0.25, -0.2) is 24.8 Å². The van der Waals surface area contributed by atoms with Crippen molar-refractivity contribution in [3.8, 4) is 0 Å². The van der Waals surface area contributed by atoms with Crippen LogP contribution in [-0.2, 0) is 14.2 Å². The summed E-state index contributed by atoms with van der Waals surface area (Å²) in [5.41, 5.74) is 2.82. The highest BCUT2D eigenvalue weighted by molar-refractivity contribution is 6.30. The molecule has 156 valence electrons. The van der Waals surface area contributed by atoms with Crippen molar-refractivity contribution in [3.05, 3.63) is 34.9 Å².